The molecule has 0 amide bonds. The summed E-state index contributed by atoms with van der Waals surface area (Å²) in [5.41, 5.74) is 6.13. The van der Waals surface area contributed by atoms with Gasteiger partial charge in [-0.25, -0.2) is 0 Å². The second-order valence-corrected chi connectivity index (χ2v) is 11.6. The molecule has 0 fully saturated rings. The molecule has 1 aliphatic carbocycles. The maximum absolute atomic E-state index is 3.95. The Labute approximate surface area is 235 Å². The molecule has 2 aliphatic rings. The van der Waals surface area contributed by atoms with Crippen LogP contribution in [0.25, 0.3) is 58.4 Å². The molecule has 0 saturated carbocycles. The van der Waals surface area contributed by atoms with E-state index in [1.54, 1.807) is 0 Å². The zero-order chi connectivity index (χ0) is 26.2. The number of rotatable bonds is 2. The fraction of sp³-hybridized carbons (Fsp3) is 0.0556. The van der Waals surface area contributed by atoms with E-state index in [9.17, 15) is 0 Å². The number of nitrogens with zero attached hydrogens (tertiary/aromatic N) is 1. The second-order valence-electron chi connectivity index (χ2n) is 10.6. The van der Waals surface area contributed by atoms with Gasteiger partial charge in [0.05, 0.1) is 17.1 Å². The first-order chi connectivity index (χ1) is 19.9. The van der Waals surface area contributed by atoms with E-state index < -0.39 is 0 Å². The molecule has 4 heteroatoms. The molecule has 3 nitrogen and oxygen atoms in total. The van der Waals surface area contributed by atoms with Gasteiger partial charge in [-0.1, -0.05) is 115 Å². The highest BCUT2D eigenvalue weighted by Gasteiger charge is 2.31. The third-order valence-electron chi connectivity index (χ3n) is 8.44. The molecule has 2 aromatic heterocycles. The van der Waals surface area contributed by atoms with E-state index in [1.165, 1.54) is 69.6 Å². The highest BCUT2D eigenvalue weighted by atomic mass is 32.1. The van der Waals surface area contributed by atoms with Crippen molar-refractivity contribution in [1.29, 1.82) is 0 Å². The van der Waals surface area contributed by atoms with Crippen molar-refractivity contribution in [3.8, 4) is 0 Å². The fourth-order valence-electron chi connectivity index (χ4n) is 6.77. The van der Waals surface area contributed by atoms with Crippen LogP contribution in [0.1, 0.15) is 11.9 Å². The molecule has 40 heavy (non-hydrogen) atoms. The van der Waals surface area contributed by atoms with Gasteiger partial charge in [0.1, 0.15) is 0 Å². The highest BCUT2D eigenvalue weighted by Crippen LogP contribution is 2.48. The summed E-state index contributed by atoms with van der Waals surface area (Å²) < 4.78 is 5.20. The maximum atomic E-state index is 3.95. The molecular weight excluding hydrogens is 506 g/mol. The van der Waals surface area contributed by atoms with Crippen molar-refractivity contribution in [3.05, 3.63) is 139 Å². The number of para-hydroxylation sites is 1. The van der Waals surface area contributed by atoms with Crippen molar-refractivity contribution in [2.75, 3.05) is 0 Å². The molecule has 2 N–H and O–H groups in total. The van der Waals surface area contributed by atoms with E-state index in [1.807, 2.05) is 11.3 Å². The Bertz CT molecular complexity index is 2230. The third-order valence-corrected chi connectivity index (χ3v) is 9.64. The summed E-state index contributed by atoms with van der Waals surface area (Å²) in [7, 11) is 0. The predicted octanol–water partition coefficient (Wildman–Crippen LogP) is 8.87. The Morgan fingerprint density at radius 1 is 0.650 bits per heavy atom. The SMILES string of the molecule is C1=CC2=C(c3ccccc3)NC(n3c4ccccc4c4c5c6ccccc6sc5c5ccccc5c43)NC2C=C1. The molecule has 0 bridgehead atoms. The fourth-order valence-corrected chi connectivity index (χ4v) is 8.02. The summed E-state index contributed by atoms with van der Waals surface area (Å²) in [4.78, 5) is 0. The maximum Gasteiger partial charge on any atom is 0.160 e. The summed E-state index contributed by atoms with van der Waals surface area (Å²) in [6.45, 7) is 0. The minimum absolute atomic E-state index is 0.111. The Kier molecular flexibility index (Phi) is 4.68. The summed E-state index contributed by atoms with van der Waals surface area (Å²) in [5, 5.41) is 15.8. The van der Waals surface area contributed by atoms with Crippen LogP contribution in [0.4, 0.5) is 0 Å². The van der Waals surface area contributed by atoms with Crippen molar-refractivity contribution in [3.63, 3.8) is 0 Å². The van der Waals surface area contributed by atoms with Crippen molar-refractivity contribution in [1.82, 2.24) is 15.2 Å². The lowest BCUT2D eigenvalue weighted by Crippen LogP contribution is -2.48. The molecular formula is C36H25N3S. The zero-order valence-electron chi connectivity index (χ0n) is 21.6. The standard InChI is InChI=1S/C36H25N3S/c1-2-12-22(13-3-1)33-25-16-6-9-19-28(25)37-36(38-33)39-29-20-10-7-17-26(29)31-32-27-18-8-11-21-30(27)40-35(32)24-15-5-4-14-23(24)34(31)39/h1-21,28,36-38H. The third kappa shape index (κ3) is 3.03. The minimum Gasteiger partial charge on any atom is -0.352 e. The smallest absolute Gasteiger partial charge is 0.160 e. The van der Waals surface area contributed by atoms with Crippen LogP contribution in [0.2, 0.25) is 0 Å². The van der Waals surface area contributed by atoms with Crippen molar-refractivity contribution >= 4 is 69.8 Å². The van der Waals surface area contributed by atoms with Crippen molar-refractivity contribution < 1.29 is 0 Å². The number of allylic oxidation sites excluding steroid dienone is 2. The number of hydrogen-bond donors (Lipinski definition) is 2. The summed E-state index contributed by atoms with van der Waals surface area (Å²) >= 11 is 1.91. The van der Waals surface area contributed by atoms with Gasteiger partial charge in [-0.3, -0.25) is 5.32 Å². The number of benzene rings is 5. The van der Waals surface area contributed by atoms with Gasteiger partial charge in [-0.05, 0) is 23.3 Å². The highest BCUT2D eigenvalue weighted by molar-refractivity contribution is 7.27. The topological polar surface area (TPSA) is 29.0 Å². The van der Waals surface area contributed by atoms with E-state index in [0.717, 1.165) is 0 Å². The van der Waals surface area contributed by atoms with Gasteiger partial charge < -0.3 is 9.88 Å². The van der Waals surface area contributed by atoms with Gasteiger partial charge in [0.15, 0.2) is 6.29 Å². The average molecular weight is 532 g/mol. The monoisotopic (exact) mass is 531 g/mol. The van der Waals surface area contributed by atoms with Gasteiger partial charge in [0.25, 0.3) is 0 Å². The van der Waals surface area contributed by atoms with E-state index >= 15 is 0 Å². The lowest BCUT2D eigenvalue weighted by atomic mass is 9.94. The van der Waals surface area contributed by atoms with Crippen molar-refractivity contribution in [2.24, 2.45) is 0 Å². The number of nitrogens with one attached hydrogen (secondary N) is 2. The van der Waals surface area contributed by atoms with Crippen LogP contribution >= 0.6 is 11.3 Å². The van der Waals surface area contributed by atoms with E-state index in [2.05, 4.69) is 143 Å². The number of thiophene rings is 1. The molecule has 0 saturated heterocycles. The van der Waals surface area contributed by atoms with Crippen LogP contribution < -0.4 is 10.6 Å². The van der Waals surface area contributed by atoms with Gasteiger partial charge in [0, 0.05) is 47.4 Å². The summed E-state index contributed by atoms with van der Waals surface area (Å²) in [6.07, 6.45) is 8.63. The molecule has 2 unspecified atom stereocenters. The van der Waals surface area contributed by atoms with Crippen molar-refractivity contribution in [2.45, 2.75) is 12.3 Å². The quantitative estimate of drug-likeness (QED) is 0.233. The average Bonchev–Trinajstić information content (AvgIpc) is 3.58. The molecule has 2 atom stereocenters. The Morgan fingerprint density at radius 3 is 2.25 bits per heavy atom. The largest absolute Gasteiger partial charge is 0.352 e. The van der Waals surface area contributed by atoms with Crippen LogP contribution in [0.5, 0.6) is 0 Å². The predicted molar refractivity (Wildman–Crippen MR) is 171 cm³/mol. The van der Waals surface area contributed by atoms with E-state index in [4.69, 9.17) is 0 Å². The first kappa shape index (κ1) is 22.2. The summed E-state index contributed by atoms with van der Waals surface area (Å²) in [5.74, 6) is 0. The summed E-state index contributed by atoms with van der Waals surface area (Å²) in [6, 6.07) is 37.5. The molecule has 7 aromatic rings. The molecule has 9 rings (SSSR count). The lowest BCUT2D eigenvalue weighted by Gasteiger charge is -2.37. The van der Waals surface area contributed by atoms with Crippen LogP contribution in [-0.2, 0) is 0 Å². The molecule has 0 radical (unpaired) electrons. The Balaban J connectivity index is 1.42. The first-order valence-corrected chi connectivity index (χ1v) is 14.6. The Morgan fingerprint density at radius 2 is 1.38 bits per heavy atom. The molecule has 3 heterocycles. The van der Waals surface area contributed by atoms with Gasteiger partial charge in [-0.2, -0.15) is 0 Å². The Hall–Kier alpha value is -4.64. The van der Waals surface area contributed by atoms with Gasteiger partial charge in [-0.15, -0.1) is 11.3 Å². The van der Waals surface area contributed by atoms with E-state index in [0.29, 0.717) is 0 Å². The van der Waals surface area contributed by atoms with Crippen LogP contribution in [0.15, 0.2) is 133 Å². The number of hydrogen-bond acceptors (Lipinski definition) is 3. The molecule has 190 valence electrons. The first-order valence-electron chi connectivity index (χ1n) is 13.8. The molecule has 1 aliphatic heterocycles. The van der Waals surface area contributed by atoms with Gasteiger partial charge >= 0.3 is 0 Å². The van der Waals surface area contributed by atoms with Crippen LogP contribution in [0, 0.1) is 0 Å². The molecule has 0 spiro atoms. The zero-order valence-corrected chi connectivity index (χ0v) is 22.5. The lowest BCUT2D eigenvalue weighted by molar-refractivity contribution is 0.363. The minimum atomic E-state index is -0.145. The second kappa shape index (κ2) is 8.43. The normalized spacial score (nSPS) is 18.8. The molecule has 5 aromatic carbocycles. The van der Waals surface area contributed by atoms with Crippen LogP contribution in [0.3, 0.4) is 0 Å². The van der Waals surface area contributed by atoms with E-state index in [-0.39, 0.29) is 12.3 Å². The van der Waals surface area contributed by atoms with Gasteiger partial charge in [0.2, 0.25) is 0 Å². The van der Waals surface area contributed by atoms with Crippen LogP contribution in [-0.4, -0.2) is 10.6 Å². The number of aromatic nitrogens is 1. The number of fused-ring (bicyclic) bond motifs is 11.